The number of hydrogen-bond donors (Lipinski definition) is 0. The van der Waals surface area contributed by atoms with Gasteiger partial charge in [-0.3, -0.25) is 4.79 Å². The van der Waals surface area contributed by atoms with E-state index in [1.54, 1.807) is 35.0 Å². The van der Waals surface area contributed by atoms with Crippen LogP contribution in [0, 0.1) is 5.92 Å². The second-order valence-corrected chi connectivity index (χ2v) is 8.38. The Kier molecular flexibility index (Phi) is 8.20. The number of rotatable bonds is 6. The number of halogens is 2. The van der Waals surface area contributed by atoms with Crippen molar-refractivity contribution in [3.05, 3.63) is 35.9 Å². The molecule has 2 amide bonds. The number of carbonyl (C=O) groups is 2. The van der Waals surface area contributed by atoms with Crippen molar-refractivity contribution in [1.82, 2.24) is 9.80 Å². The van der Waals surface area contributed by atoms with Gasteiger partial charge < -0.3 is 19.3 Å². The first-order valence-corrected chi connectivity index (χ1v) is 10.00. The van der Waals surface area contributed by atoms with Crippen LogP contribution in [0.4, 0.5) is 13.6 Å². The Bertz CT molecular complexity index is 754. The molecule has 0 spiro atoms. The molecule has 1 aromatic rings. The summed E-state index contributed by atoms with van der Waals surface area (Å²) >= 11 is 0. The van der Waals surface area contributed by atoms with Crippen molar-refractivity contribution in [3.8, 4) is 5.75 Å². The maximum absolute atomic E-state index is 12.5. The van der Waals surface area contributed by atoms with Crippen LogP contribution in [0.2, 0.25) is 0 Å². The summed E-state index contributed by atoms with van der Waals surface area (Å²) in [5.41, 5.74) is -0.119. The van der Waals surface area contributed by atoms with Gasteiger partial charge >= 0.3 is 12.7 Å². The van der Waals surface area contributed by atoms with Crippen molar-refractivity contribution in [2.24, 2.45) is 5.92 Å². The number of carbonyl (C=O) groups excluding carboxylic acids is 2. The molecule has 0 aliphatic carbocycles. The third-order valence-electron chi connectivity index (χ3n) is 4.70. The van der Waals surface area contributed by atoms with Gasteiger partial charge in [-0.1, -0.05) is 18.2 Å². The lowest BCUT2D eigenvalue weighted by Gasteiger charge is -2.34. The van der Waals surface area contributed by atoms with Crippen LogP contribution in [0.3, 0.4) is 0 Å². The third kappa shape index (κ3) is 7.65. The first kappa shape index (κ1) is 23.6. The van der Waals surface area contributed by atoms with Gasteiger partial charge in [-0.25, -0.2) is 4.79 Å². The van der Waals surface area contributed by atoms with E-state index < -0.39 is 12.2 Å². The smallest absolute Gasteiger partial charge is 0.410 e. The van der Waals surface area contributed by atoms with Gasteiger partial charge in [-0.15, -0.1) is 0 Å². The van der Waals surface area contributed by atoms with Crippen molar-refractivity contribution < 1.29 is 27.8 Å². The average Bonchev–Trinajstić information content (AvgIpc) is 2.66. The van der Waals surface area contributed by atoms with Crippen LogP contribution in [0.5, 0.6) is 5.75 Å². The summed E-state index contributed by atoms with van der Waals surface area (Å²) in [6.07, 6.45) is 4.06. The van der Waals surface area contributed by atoms with Gasteiger partial charge in [0.15, 0.2) is 0 Å². The summed E-state index contributed by atoms with van der Waals surface area (Å²) in [5, 5.41) is 0. The van der Waals surface area contributed by atoms with E-state index in [-0.39, 0.29) is 23.7 Å². The lowest BCUT2D eigenvalue weighted by molar-refractivity contribution is -0.127. The zero-order valence-electron chi connectivity index (χ0n) is 17.9. The minimum atomic E-state index is -2.92. The summed E-state index contributed by atoms with van der Waals surface area (Å²) in [5.74, 6) is 0.136. The Morgan fingerprint density at radius 1 is 1.23 bits per heavy atom. The van der Waals surface area contributed by atoms with Crippen LogP contribution in [-0.4, -0.2) is 60.7 Å². The van der Waals surface area contributed by atoms with E-state index in [0.29, 0.717) is 25.2 Å². The number of hydrogen-bond acceptors (Lipinski definition) is 4. The highest BCUT2D eigenvalue weighted by molar-refractivity contribution is 5.92. The van der Waals surface area contributed by atoms with Gasteiger partial charge in [-0.05, 0) is 51.7 Å². The zero-order chi connectivity index (χ0) is 22.3. The van der Waals surface area contributed by atoms with Gasteiger partial charge in [0.25, 0.3) is 0 Å². The van der Waals surface area contributed by atoms with E-state index in [1.165, 1.54) is 18.2 Å². The quantitative estimate of drug-likeness (QED) is 0.635. The second kappa shape index (κ2) is 10.4. The molecule has 0 atom stereocenters. The monoisotopic (exact) mass is 424 g/mol. The van der Waals surface area contributed by atoms with Crippen molar-refractivity contribution in [3.63, 3.8) is 0 Å². The maximum Gasteiger partial charge on any atom is 0.410 e. The number of nitrogens with zero attached hydrogens (tertiary/aromatic N) is 2. The van der Waals surface area contributed by atoms with Crippen LogP contribution in [0.25, 0.3) is 6.08 Å². The fraction of sp³-hybridized carbons (Fsp3) is 0.545. The number of piperidine rings is 1. The zero-order valence-corrected chi connectivity index (χ0v) is 17.9. The standard InChI is InChI=1S/C22H30F2N2O4/c1-22(2,3)30-21(28)25(4)15-16-11-13-26(14-12-16)19(27)10-9-17-7-5-6-8-18(17)29-20(23)24/h5-10,16,20H,11-15H2,1-4H3. The molecule has 0 aromatic heterocycles. The Labute approximate surface area is 176 Å². The first-order chi connectivity index (χ1) is 14.0. The largest absolute Gasteiger partial charge is 0.444 e. The Balaban J connectivity index is 1.85. The van der Waals surface area contributed by atoms with Crippen LogP contribution in [-0.2, 0) is 9.53 Å². The summed E-state index contributed by atoms with van der Waals surface area (Å²) in [6, 6.07) is 6.33. The van der Waals surface area contributed by atoms with Crippen molar-refractivity contribution in [1.29, 1.82) is 0 Å². The summed E-state index contributed by atoms with van der Waals surface area (Å²) in [6.45, 7) is 4.28. The number of likely N-dealkylation sites (tertiary alicyclic amines) is 1. The fourth-order valence-corrected chi connectivity index (χ4v) is 3.23. The van der Waals surface area contributed by atoms with Gasteiger partial charge in [-0.2, -0.15) is 8.78 Å². The number of para-hydroxylation sites is 1. The SMILES string of the molecule is CN(CC1CCN(C(=O)C=Cc2ccccc2OC(F)F)CC1)C(=O)OC(C)(C)C. The van der Waals surface area contributed by atoms with Crippen molar-refractivity contribution >= 4 is 18.1 Å². The predicted molar refractivity (Wildman–Crippen MR) is 110 cm³/mol. The summed E-state index contributed by atoms with van der Waals surface area (Å²) < 4.78 is 34.8. The maximum atomic E-state index is 12.5. The van der Waals surface area contributed by atoms with E-state index in [0.717, 1.165) is 12.8 Å². The molecule has 1 heterocycles. The lowest BCUT2D eigenvalue weighted by atomic mass is 9.96. The highest BCUT2D eigenvalue weighted by Crippen LogP contribution is 2.23. The van der Waals surface area contributed by atoms with Gasteiger partial charge in [0, 0.05) is 38.3 Å². The Morgan fingerprint density at radius 2 is 1.87 bits per heavy atom. The van der Waals surface area contributed by atoms with E-state index in [9.17, 15) is 18.4 Å². The average molecular weight is 424 g/mol. The molecule has 1 aliphatic rings. The predicted octanol–water partition coefficient (Wildman–Crippen LogP) is 4.41. The molecule has 1 saturated heterocycles. The molecule has 6 nitrogen and oxygen atoms in total. The molecule has 1 aliphatic heterocycles. The lowest BCUT2D eigenvalue weighted by Crippen LogP contribution is -2.42. The number of ether oxygens (including phenoxy) is 2. The minimum Gasteiger partial charge on any atom is -0.444 e. The minimum absolute atomic E-state index is 0.0282. The first-order valence-electron chi connectivity index (χ1n) is 10.00. The number of amides is 2. The molecular formula is C22H30F2N2O4. The molecule has 166 valence electrons. The van der Waals surface area contributed by atoms with Crippen LogP contribution < -0.4 is 4.74 Å². The van der Waals surface area contributed by atoms with E-state index in [1.807, 2.05) is 20.8 Å². The normalized spacial score (nSPS) is 15.5. The highest BCUT2D eigenvalue weighted by Gasteiger charge is 2.26. The van der Waals surface area contributed by atoms with E-state index in [2.05, 4.69) is 4.74 Å². The van der Waals surface area contributed by atoms with Gasteiger partial charge in [0.1, 0.15) is 11.4 Å². The molecule has 0 N–H and O–H groups in total. The molecule has 0 radical (unpaired) electrons. The highest BCUT2D eigenvalue weighted by atomic mass is 19.3. The van der Waals surface area contributed by atoms with Crippen LogP contribution in [0.15, 0.2) is 30.3 Å². The van der Waals surface area contributed by atoms with E-state index >= 15 is 0 Å². The van der Waals surface area contributed by atoms with E-state index in [4.69, 9.17) is 4.74 Å². The number of benzene rings is 1. The molecule has 2 rings (SSSR count). The molecule has 30 heavy (non-hydrogen) atoms. The van der Waals surface area contributed by atoms with Crippen LogP contribution >= 0.6 is 0 Å². The third-order valence-corrected chi connectivity index (χ3v) is 4.70. The Hall–Kier alpha value is -2.64. The second-order valence-electron chi connectivity index (χ2n) is 8.38. The molecule has 0 unspecified atom stereocenters. The van der Waals surface area contributed by atoms with Crippen LogP contribution in [0.1, 0.15) is 39.2 Å². The fourth-order valence-electron chi connectivity index (χ4n) is 3.23. The summed E-state index contributed by atoms with van der Waals surface area (Å²) in [7, 11) is 1.72. The van der Waals surface area contributed by atoms with Crippen molar-refractivity contribution in [2.45, 2.75) is 45.8 Å². The number of alkyl halides is 2. The molecule has 1 aromatic carbocycles. The molecule has 1 fully saturated rings. The van der Waals surface area contributed by atoms with Gasteiger partial charge in [0.05, 0.1) is 0 Å². The summed E-state index contributed by atoms with van der Waals surface area (Å²) in [4.78, 5) is 27.9. The van der Waals surface area contributed by atoms with Crippen molar-refractivity contribution in [2.75, 3.05) is 26.7 Å². The topological polar surface area (TPSA) is 59.1 Å². The molecule has 0 bridgehead atoms. The Morgan fingerprint density at radius 3 is 2.47 bits per heavy atom. The molecular weight excluding hydrogens is 394 g/mol. The molecule has 0 saturated carbocycles. The molecule has 8 heteroatoms. The van der Waals surface area contributed by atoms with Gasteiger partial charge in [0.2, 0.25) is 5.91 Å².